The summed E-state index contributed by atoms with van der Waals surface area (Å²) in [5.41, 5.74) is 0.569. The molecule has 1 aliphatic carbocycles. The number of rotatable bonds is 7. The molecule has 3 rings (SSSR count). The molecule has 0 aromatic carbocycles. The Hall–Kier alpha value is -2.08. The van der Waals surface area contributed by atoms with Crippen LogP contribution in [0.15, 0.2) is 41.7 Å². The van der Waals surface area contributed by atoms with Crippen LogP contribution in [-0.2, 0) is 0 Å². The minimum Gasteiger partial charge on any atom is -0.489 e. The Balaban J connectivity index is 1.65. The van der Waals surface area contributed by atoms with Gasteiger partial charge in [0.25, 0.3) is 5.91 Å². The molecule has 0 atom stereocenters. The van der Waals surface area contributed by atoms with Gasteiger partial charge in [-0.1, -0.05) is 26.2 Å². The molecule has 1 amide bonds. The van der Waals surface area contributed by atoms with Gasteiger partial charge in [-0.05, 0) is 48.8 Å². The number of carbonyl (C=O) groups is 1. The number of hydrogen-bond donors (Lipinski definition) is 1. The normalized spacial score (nSPS) is 14.8. The fraction of sp³-hybridized carbons (Fsp3) is 0.450. The highest BCUT2D eigenvalue weighted by Crippen LogP contribution is 2.27. The lowest BCUT2D eigenvalue weighted by Crippen LogP contribution is -2.18. The quantitative estimate of drug-likeness (QED) is 0.708. The van der Waals surface area contributed by atoms with Crippen LogP contribution in [0.1, 0.15) is 49.4 Å². The van der Waals surface area contributed by atoms with E-state index < -0.39 is 0 Å². The lowest BCUT2D eigenvalue weighted by molar-refractivity contribution is 0.102. The molecule has 0 unspecified atom stereocenters. The van der Waals surface area contributed by atoms with Crippen molar-refractivity contribution in [2.24, 2.45) is 5.92 Å². The third-order valence-electron chi connectivity index (χ3n) is 4.49. The number of thioether (sulfide) groups is 1. The highest BCUT2D eigenvalue weighted by molar-refractivity contribution is 7.99. The second kappa shape index (κ2) is 9.57. The van der Waals surface area contributed by atoms with Crippen LogP contribution < -0.4 is 10.1 Å². The zero-order chi connectivity index (χ0) is 18.2. The topological polar surface area (TPSA) is 64.1 Å². The zero-order valence-corrected chi connectivity index (χ0v) is 15.9. The third kappa shape index (κ3) is 5.21. The first-order chi connectivity index (χ1) is 12.8. The van der Waals surface area contributed by atoms with Gasteiger partial charge in [0.15, 0.2) is 11.6 Å². The van der Waals surface area contributed by atoms with Crippen LogP contribution in [0.3, 0.4) is 0 Å². The number of aromatic nitrogens is 2. The lowest BCUT2D eigenvalue weighted by atomic mass is 9.90. The SMILES string of the molecule is CCSc1cc(C(=O)Nc2ncccc2OCC2CCCCC2)ccn1. The van der Waals surface area contributed by atoms with E-state index in [9.17, 15) is 4.79 Å². The summed E-state index contributed by atoms with van der Waals surface area (Å²) in [4.78, 5) is 21.1. The first kappa shape index (κ1) is 18.7. The number of carbonyl (C=O) groups excluding carboxylic acids is 1. The second-order valence-electron chi connectivity index (χ2n) is 6.44. The molecule has 1 fully saturated rings. The molecule has 0 radical (unpaired) electrons. The molecule has 138 valence electrons. The van der Waals surface area contributed by atoms with E-state index in [-0.39, 0.29) is 5.91 Å². The summed E-state index contributed by atoms with van der Waals surface area (Å²) in [6, 6.07) is 7.19. The summed E-state index contributed by atoms with van der Waals surface area (Å²) in [5, 5.41) is 3.71. The maximum Gasteiger partial charge on any atom is 0.257 e. The summed E-state index contributed by atoms with van der Waals surface area (Å²) >= 11 is 1.61. The van der Waals surface area contributed by atoms with E-state index in [1.165, 1.54) is 32.1 Å². The zero-order valence-electron chi connectivity index (χ0n) is 15.1. The monoisotopic (exact) mass is 371 g/mol. The Morgan fingerprint density at radius 1 is 1.23 bits per heavy atom. The van der Waals surface area contributed by atoms with Gasteiger partial charge < -0.3 is 10.1 Å². The number of amides is 1. The lowest BCUT2D eigenvalue weighted by Gasteiger charge is -2.22. The predicted octanol–water partition coefficient (Wildman–Crippen LogP) is 4.80. The fourth-order valence-electron chi connectivity index (χ4n) is 3.12. The van der Waals surface area contributed by atoms with E-state index >= 15 is 0 Å². The molecule has 2 aromatic heterocycles. The first-order valence-corrected chi connectivity index (χ1v) is 10.2. The van der Waals surface area contributed by atoms with Crippen molar-refractivity contribution in [1.82, 2.24) is 9.97 Å². The second-order valence-corrected chi connectivity index (χ2v) is 7.72. The minimum atomic E-state index is -0.202. The van der Waals surface area contributed by atoms with Gasteiger partial charge in [0, 0.05) is 18.0 Å². The van der Waals surface area contributed by atoms with Gasteiger partial charge in [-0.15, -0.1) is 11.8 Å². The van der Waals surface area contributed by atoms with Crippen LogP contribution in [-0.4, -0.2) is 28.2 Å². The summed E-state index contributed by atoms with van der Waals surface area (Å²) in [6.07, 6.45) is 9.65. The van der Waals surface area contributed by atoms with E-state index in [1.807, 2.05) is 12.1 Å². The summed E-state index contributed by atoms with van der Waals surface area (Å²) in [5.74, 6) is 2.41. The van der Waals surface area contributed by atoms with Crippen molar-refractivity contribution in [3.05, 3.63) is 42.2 Å². The van der Waals surface area contributed by atoms with Gasteiger partial charge in [0.2, 0.25) is 0 Å². The van der Waals surface area contributed by atoms with Crippen LogP contribution in [0.25, 0.3) is 0 Å². The molecule has 1 saturated carbocycles. The summed E-state index contributed by atoms with van der Waals surface area (Å²) < 4.78 is 5.98. The predicted molar refractivity (Wildman–Crippen MR) is 105 cm³/mol. The van der Waals surface area contributed by atoms with Crippen molar-refractivity contribution >= 4 is 23.5 Å². The summed E-state index contributed by atoms with van der Waals surface area (Å²) in [6.45, 7) is 2.74. The van der Waals surface area contributed by atoms with Crippen LogP contribution >= 0.6 is 11.8 Å². The maximum atomic E-state index is 12.6. The molecule has 0 spiro atoms. The Labute approximate surface area is 159 Å². The Morgan fingerprint density at radius 3 is 2.88 bits per heavy atom. The minimum absolute atomic E-state index is 0.202. The van der Waals surface area contributed by atoms with Crippen LogP contribution in [0.2, 0.25) is 0 Å². The van der Waals surface area contributed by atoms with Gasteiger partial charge >= 0.3 is 0 Å². The molecule has 0 aliphatic heterocycles. The smallest absolute Gasteiger partial charge is 0.257 e. The molecule has 1 aliphatic rings. The molecular weight excluding hydrogens is 346 g/mol. The highest BCUT2D eigenvalue weighted by Gasteiger charge is 2.16. The molecule has 2 heterocycles. The number of ether oxygens (including phenoxy) is 1. The van der Waals surface area contributed by atoms with Gasteiger partial charge in [-0.3, -0.25) is 4.79 Å². The van der Waals surface area contributed by atoms with Gasteiger partial charge in [-0.2, -0.15) is 0 Å². The van der Waals surface area contributed by atoms with Gasteiger partial charge in [0.05, 0.1) is 11.6 Å². The largest absolute Gasteiger partial charge is 0.489 e. The molecule has 6 heteroatoms. The van der Waals surface area contributed by atoms with E-state index in [0.29, 0.717) is 29.7 Å². The first-order valence-electron chi connectivity index (χ1n) is 9.24. The molecule has 0 saturated heterocycles. The number of nitrogens with zero attached hydrogens (tertiary/aromatic N) is 2. The number of nitrogens with one attached hydrogen (secondary N) is 1. The van der Waals surface area contributed by atoms with E-state index in [1.54, 1.807) is 36.3 Å². The van der Waals surface area contributed by atoms with Crippen LogP contribution in [0.4, 0.5) is 5.82 Å². The van der Waals surface area contributed by atoms with Crippen LogP contribution in [0, 0.1) is 5.92 Å². The fourth-order valence-corrected chi connectivity index (χ4v) is 3.76. The van der Waals surface area contributed by atoms with E-state index in [4.69, 9.17) is 4.74 Å². The van der Waals surface area contributed by atoms with Crippen molar-refractivity contribution in [3.63, 3.8) is 0 Å². The van der Waals surface area contributed by atoms with E-state index in [0.717, 1.165) is 10.8 Å². The number of anilines is 1. The molecular formula is C20H25N3O2S. The molecule has 1 N–H and O–H groups in total. The summed E-state index contributed by atoms with van der Waals surface area (Å²) in [7, 11) is 0. The Kier molecular flexibility index (Phi) is 6.89. The van der Waals surface area contributed by atoms with Crippen molar-refractivity contribution in [2.75, 3.05) is 17.7 Å². The average Bonchev–Trinajstić information content (AvgIpc) is 2.68. The van der Waals surface area contributed by atoms with Crippen molar-refractivity contribution in [3.8, 4) is 5.75 Å². The Morgan fingerprint density at radius 2 is 2.08 bits per heavy atom. The maximum absolute atomic E-state index is 12.6. The standard InChI is InChI=1S/C20H25N3O2S/c1-2-26-18-13-16(10-12-21-18)20(24)23-19-17(9-6-11-22-19)25-14-15-7-4-3-5-8-15/h6,9-13,15H,2-5,7-8,14H2,1H3,(H,22,23,24). The number of pyridine rings is 2. The third-order valence-corrected chi connectivity index (χ3v) is 5.30. The molecule has 2 aromatic rings. The van der Waals surface area contributed by atoms with Gasteiger partial charge in [-0.25, -0.2) is 9.97 Å². The van der Waals surface area contributed by atoms with Crippen molar-refractivity contribution in [1.29, 1.82) is 0 Å². The van der Waals surface area contributed by atoms with Crippen molar-refractivity contribution < 1.29 is 9.53 Å². The average molecular weight is 372 g/mol. The molecule has 26 heavy (non-hydrogen) atoms. The van der Waals surface area contributed by atoms with Crippen molar-refractivity contribution in [2.45, 2.75) is 44.1 Å². The Bertz CT molecular complexity index is 733. The van der Waals surface area contributed by atoms with E-state index in [2.05, 4.69) is 22.2 Å². The highest BCUT2D eigenvalue weighted by atomic mass is 32.2. The number of hydrogen-bond acceptors (Lipinski definition) is 5. The van der Waals surface area contributed by atoms with Crippen LogP contribution in [0.5, 0.6) is 5.75 Å². The molecule has 0 bridgehead atoms. The molecule has 5 nitrogen and oxygen atoms in total. The van der Waals surface area contributed by atoms with Gasteiger partial charge in [0.1, 0.15) is 0 Å².